The van der Waals surface area contributed by atoms with Crippen molar-refractivity contribution in [2.45, 2.75) is 33.4 Å². The van der Waals surface area contributed by atoms with E-state index >= 15 is 0 Å². The first kappa shape index (κ1) is 21.2. The lowest BCUT2D eigenvalue weighted by atomic mass is 9.92. The van der Waals surface area contributed by atoms with E-state index in [1.165, 1.54) is 6.42 Å². The molecule has 1 fully saturated rings. The molecular formula is C24H32N2O3. The van der Waals surface area contributed by atoms with Gasteiger partial charge in [-0.1, -0.05) is 50.2 Å². The molecule has 2 aromatic carbocycles. The van der Waals surface area contributed by atoms with E-state index in [1.807, 2.05) is 48.5 Å². The van der Waals surface area contributed by atoms with E-state index < -0.39 is 0 Å². The number of carbonyl (C=O) groups is 1. The van der Waals surface area contributed by atoms with Crippen LogP contribution in [0.1, 0.15) is 31.4 Å². The van der Waals surface area contributed by atoms with Crippen molar-refractivity contribution in [1.82, 2.24) is 10.2 Å². The Bertz CT molecular complexity index is 784. The van der Waals surface area contributed by atoms with Gasteiger partial charge in [0.25, 0.3) is 0 Å². The minimum absolute atomic E-state index is 0.0645. The maximum absolute atomic E-state index is 12.4. The molecule has 0 radical (unpaired) electrons. The molecule has 5 nitrogen and oxygen atoms in total. The molecule has 0 spiro atoms. The Morgan fingerprint density at radius 2 is 1.76 bits per heavy atom. The average Bonchev–Trinajstić information content (AvgIpc) is 2.71. The number of ether oxygens (including phenoxy) is 2. The van der Waals surface area contributed by atoms with Crippen LogP contribution >= 0.6 is 0 Å². The zero-order valence-corrected chi connectivity index (χ0v) is 17.7. The minimum Gasteiger partial charge on any atom is -0.493 e. The number of hydrogen-bond donors (Lipinski definition) is 1. The highest BCUT2D eigenvalue weighted by Gasteiger charge is 2.23. The van der Waals surface area contributed by atoms with Gasteiger partial charge in [-0.2, -0.15) is 0 Å². The quantitative estimate of drug-likeness (QED) is 0.736. The molecule has 1 aliphatic heterocycles. The number of likely N-dealkylation sites (tertiary alicyclic amines) is 1. The second-order valence-corrected chi connectivity index (χ2v) is 8.18. The molecule has 1 heterocycles. The van der Waals surface area contributed by atoms with E-state index in [2.05, 4.69) is 24.1 Å². The van der Waals surface area contributed by atoms with Crippen LogP contribution in [-0.4, -0.2) is 37.6 Å². The van der Waals surface area contributed by atoms with Gasteiger partial charge in [0, 0.05) is 19.6 Å². The summed E-state index contributed by atoms with van der Waals surface area (Å²) in [5.41, 5.74) is 2.09. The van der Waals surface area contributed by atoms with Gasteiger partial charge in [0.15, 0.2) is 11.5 Å². The van der Waals surface area contributed by atoms with Crippen LogP contribution in [0.25, 0.3) is 0 Å². The average molecular weight is 397 g/mol. The smallest absolute Gasteiger partial charge is 0.234 e. The number of piperidine rings is 1. The van der Waals surface area contributed by atoms with Crippen molar-refractivity contribution in [3.8, 4) is 11.5 Å². The molecule has 2 aromatic rings. The van der Waals surface area contributed by atoms with Crippen LogP contribution in [0, 0.1) is 11.8 Å². The maximum atomic E-state index is 12.4. The van der Waals surface area contributed by atoms with E-state index in [-0.39, 0.29) is 5.91 Å². The number of rotatable bonds is 8. The second kappa shape index (κ2) is 10.3. The van der Waals surface area contributed by atoms with E-state index in [9.17, 15) is 4.79 Å². The van der Waals surface area contributed by atoms with Crippen molar-refractivity contribution in [2.75, 3.05) is 26.7 Å². The van der Waals surface area contributed by atoms with Crippen LogP contribution in [0.5, 0.6) is 11.5 Å². The highest BCUT2D eigenvalue weighted by molar-refractivity contribution is 5.78. The van der Waals surface area contributed by atoms with Gasteiger partial charge in [-0.05, 0) is 41.5 Å². The summed E-state index contributed by atoms with van der Waals surface area (Å²) in [4.78, 5) is 14.6. The van der Waals surface area contributed by atoms with E-state index in [4.69, 9.17) is 9.47 Å². The first-order chi connectivity index (χ1) is 14.0. The summed E-state index contributed by atoms with van der Waals surface area (Å²) in [5.74, 6) is 2.74. The SMILES string of the molecule is COc1cc(CNC(=O)CN2C[C@H](C)C[C@@H](C)C2)ccc1OCc1ccccc1. The highest BCUT2D eigenvalue weighted by Crippen LogP contribution is 2.29. The Balaban J connectivity index is 1.51. The minimum atomic E-state index is 0.0645. The summed E-state index contributed by atoms with van der Waals surface area (Å²) in [7, 11) is 1.63. The van der Waals surface area contributed by atoms with Crippen LogP contribution in [0.15, 0.2) is 48.5 Å². The monoisotopic (exact) mass is 396 g/mol. The molecule has 0 unspecified atom stereocenters. The fraction of sp³-hybridized carbons (Fsp3) is 0.458. The standard InChI is InChI=1S/C24H32N2O3/c1-18-11-19(2)15-26(14-18)16-24(27)25-13-21-9-10-22(23(12-21)28-3)29-17-20-7-5-4-6-8-20/h4-10,12,18-19H,11,13-17H2,1-3H3,(H,25,27)/t18-,19-/m1/s1. The number of nitrogens with zero attached hydrogens (tertiary/aromatic N) is 1. The zero-order valence-electron chi connectivity index (χ0n) is 17.7. The summed E-state index contributed by atoms with van der Waals surface area (Å²) < 4.78 is 11.4. The molecule has 29 heavy (non-hydrogen) atoms. The number of methoxy groups -OCH3 is 1. The van der Waals surface area contributed by atoms with Gasteiger partial charge in [-0.15, -0.1) is 0 Å². The van der Waals surface area contributed by atoms with Crippen molar-refractivity contribution in [3.63, 3.8) is 0 Å². The number of amides is 1. The third-order valence-electron chi connectivity index (χ3n) is 5.27. The van der Waals surface area contributed by atoms with Crippen LogP contribution in [-0.2, 0) is 17.9 Å². The lowest BCUT2D eigenvalue weighted by Gasteiger charge is -2.34. The Morgan fingerprint density at radius 3 is 2.45 bits per heavy atom. The predicted molar refractivity (Wildman–Crippen MR) is 115 cm³/mol. The Kier molecular flexibility index (Phi) is 7.53. The van der Waals surface area contributed by atoms with E-state index in [0.717, 1.165) is 24.2 Å². The van der Waals surface area contributed by atoms with Crippen molar-refractivity contribution in [3.05, 3.63) is 59.7 Å². The number of benzene rings is 2. The van der Waals surface area contributed by atoms with Gasteiger partial charge in [-0.25, -0.2) is 0 Å². The van der Waals surface area contributed by atoms with Gasteiger partial charge >= 0.3 is 0 Å². The fourth-order valence-electron chi connectivity index (χ4n) is 4.06. The van der Waals surface area contributed by atoms with Gasteiger partial charge in [0.1, 0.15) is 6.61 Å². The molecule has 1 aliphatic rings. The van der Waals surface area contributed by atoms with E-state index in [1.54, 1.807) is 7.11 Å². The molecule has 1 saturated heterocycles. The molecule has 0 aromatic heterocycles. The molecule has 1 N–H and O–H groups in total. The van der Waals surface area contributed by atoms with Crippen molar-refractivity contribution in [2.24, 2.45) is 11.8 Å². The molecule has 0 aliphatic carbocycles. The van der Waals surface area contributed by atoms with Crippen molar-refractivity contribution in [1.29, 1.82) is 0 Å². The molecule has 0 saturated carbocycles. The van der Waals surface area contributed by atoms with Crippen LogP contribution in [0.3, 0.4) is 0 Å². The summed E-state index contributed by atoms with van der Waals surface area (Å²) in [6.07, 6.45) is 1.25. The lowest BCUT2D eigenvalue weighted by Crippen LogP contribution is -2.44. The van der Waals surface area contributed by atoms with Gasteiger partial charge in [0.2, 0.25) is 5.91 Å². The molecule has 2 atom stereocenters. The Labute approximate surface area is 174 Å². The number of hydrogen-bond acceptors (Lipinski definition) is 4. The normalized spacial score (nSPS) is 19.6. The topological polar surface area (TPSA) is 50.8 Å². The maximum Gasteiger partial charge on any atom is 0.234 e. The van der Waals surface area contributed by atoms with E-state index in [0.29, 0.717) is 43.0 Å². The second-order valence-electron chi connectivity index (χ2n) is 8.18. The summed E-state index contributed by atoms with van der Waals surface area (Å²) in [6, 6.07) is 15.8. The summed E-state index contributed by atoms with van der Waals surface area (Å²) >= 11 is 0. The number of nitrogens with one attached hydrogen (secondary N) is 1. The molecule has 0 bridgehead atoms. The van der Waals surface area contributed by atoms with Gasteiger partial charge in [-0.3, -0.25) is 9.69 Å². The molecule has 156 valence electrons. The van der Waals surface area contributed by atoms with Gasteiger partial charge in [0.05, 0.1) is 13.7 Å². The first-order valence-corrected chi connectivity index (χ1v) is 10.4. The van der Waals surface area contributed by atoms with Crippen LogP contribution in [0.2, 0.25) is 0 Å². The molecule has 3 rings (SSSR count). The van der Waals surface area contributed by atoms with Gasteiger partial charge < -0.3 is 14.8 Å². The zero-order chi connectivity index (χ0) is 20.6. The molecule has 1 amide bonds. The lowest BCUT2D eigenvalue weighted by molar-refractivity contribution is -0.123. The summed E-state index contributed by atoms with van der Waals surface area (Å²) in [5, 5.41) is 3.03. The van der Waals surface area contributed by atoms with Crippen molar-refractivity contribution < 1.29 is 14.3 Å². The van der Waals surface area contributed by atoms with Crippen LogP contribution in [0.4, 0.5) is 0 Å². The largest absolute Gasteiger partial charge is 0.493 e. The molecule has 5 heteroatoms. The Morgan fingerprint density at radius 1 is 1.03 bits per heavy atom. The molecular weight excluding hydrogens is 364 g/mol. The predicted octanol–water partition coefficient (Wildman–Crippen LogP) is 3.87. The third-order valence-corrected chi connectivity index (χ3v) is 5.27. The summed E-state index contributed by atoms with van der Waals surface area (Å²) in [6.45, 7) is 7.94. The first-order valence-electron chi connectivity index (χ1n) is 10.4. The van der Waals surface area contributed by atoms with Crippen molar-refractivity contribution >= 4 is 5.91 Å². The third kappa shape index (κ3) is 6.50. The van der Waals surface area contributed by atoms with Crippen LogP contribution < -0.4 is 14.8 Å². The fourth-order valence-corrected chi connectivity index (χ4v) is 4.06. The highest BCUT2D eigenvalue weighted by atomic mass is 16.5. The number of carbonyl (C=O) groups excluding carboxylic acids is 1. The Hall–Kier alpha value is -2.53.